The highest BCUT2D eigenvalue weighted by Gasteiger charge is 2.31. The quantitative estimate of drug-likeness (QED) is 0.646. The number of rotatable bonds is 3. The third-order valence-electron chi connectivity index (χ3n) is 5.70. The largest absolute Gasteiger partial charge is 0.455 e. The monoisotopic (exact) mass is 443 g/mol. The molecule has 1 amide bonds. The summed E-state index contributed by atoms with van der Waals surface area (Å²) in [6, 6.07) is 8.66. The average Bonchev–Trinajstić information content (AvgIpc) is 3.08. The molecule has 1 N–H and O–H groups in total. The van der Waals surface area contributed by atoms with Gasteiger partial charge in [0, 0.05) is 36.2 Å². The number of Topliss-reactive ketones (excluding diaryl/α,β-unsaturated/α-hetero) is 1. The minimum absolute atomic E-state index is 0.155. The van der Waals surface area contributed by atoms with E-state index >= 15 is 0 Å². The van der Waals surface area contributed by atoms with Gasteiger partial charge in [-0.25, -0.2) is 12.8 Å². The van der Waals surface area contributed by atoms with Crippen molar-refractivity contribution in [3.63, 3.8) is 0 Å². The first-order chi connectivity index (χ1) is 14.7. The van der Waals surface area contributed by atoms with Crippen LogP contribution in [0.5, 0.6) is 0 Å². The summed E-state index contributed by atoms with van der Waals surface area (Å²) >= 11 is 0. The van der Waals surface area contributed by atoms with Crippen molar-refractivity contribution < 1.29 is 26.8 Å². The minimum atomic E-state index is -3.47. The van der Waals surface area contributed by atoms with Gasteiger partial charge in [0.2, 0.25) is 0 Å². The molecule has 0 fully saturated rings. The van der Waals surface area contributed by atoms with Crippen LogP contribution in [0, 0.1) is 5.82 Å². The van der Waals surface area contributed by atoms with E-state index in [0.717, 1.165) is 0 Å². The predicted molar refractivity (Wildman–Crippen MR) is 115 cm³/mol. The number of furan rings is 1. The number of carbonyl (C=O) groups is 2. The highest BCUT2D eigenvalue weighted by atomic mass is 32.2. The number of hydrogen-bond donors (Lipinski definition) is 1. The van der Waals surface area contributed by atoms with Crippen LogP contribution in [-0.4, -0.2) is 33.4 Å². The van der Waals surface area contributed by atoms with Gasteiger partial charge in [0.15, 0.2) is 15.6 Å². The van der Waals surface area contributed by atoms with Crippen molar-refractivity contribution in [3.05, 3.63) is 58.9 Å². The van der Waals surface area contributed by atoms with Gasteiger partial charge in [0.25, 0.3) is 5.91 Å². The maximum Gasteiger partial charge on any atom is 0.255 e. The first-order valence-electron chi connectivity index (χ1n) is 10.0. The normalized spacial score (nSPS) is 17.1. The molecule has 1 aromatic heterocycles. The summed E-state index contributed by atoms with van der Waals surface area (Å²) in [6.07, 6.45) is 3.13. The molecule has 1 unspecified atom stereocenters. The Kier molecular flexibility index (Phi) is 5.43. The predicted octanol–water partition coefficient (Wildman–Crippen LogP) is 4.44. The number of fused-ring (bicyclic) bond motifs is 2. The van der Waals surface area contributed by atoms with E-state index in [2.05, 4.69) is 5.32 Å². The van der Waals surface area contributed by atoms with E-state index in [0.29, 0.717) is 53.3 Å². The van der Waals surface area contributed by atoms with Crippen molar-refractivity contribution in [2.75, 3.05) is 13.3 Å². The lowest BCUT2D eigenvalue weighted by atomic mass is 9.90. The SMILES string of the molecule is CNC(=O)c1c(-c2ccc(F)cc2)oc2cc3c(cc12)C(=O)CCCCC3S(C)(=O)=O. The van der Waals surface area contributed by atoms with Gasteiger partial charge in [0.05, 0.1) is 10.8 Å². The molecule has 1 atom stereocenters. The van der Waals surface area contributed by atoms with E-state index in [9.17, 15) is 22.4 Å². The number of ketones is 1. The second kappa shape index (κ2) is 7.92. The second-order valence-electron chi connectivity index (χ2n) is 7.81. The van der Waals surface area contributed by atoms with Gasteiger partial charge in [-0.1, -0.05) is 6.42 Å². The lowest BCUT2D eigenvalue weighted by Crippen LogP contribution is -2.19. The number of hydrogen-bond acceptors (Lipinski definition) is 5. The molecule has 0 spiro atoms. The summed E-state index contributed by atoms with van der Waals surface area (Å²) in [4.78, 5) is 25.6. The molecule has 1 heterocycles. The Bertz CT molecular complexity index is 1290. The molecule has 3 aromatic rings. The Hall–Kier alpha value is -3.00. The van der Waals surface area contributed by atoms with Crippen LogP contribution in [0.2, 0.25) is 0 Å². The Morgan fingerprint density at radius 3 is 2.52 bits per heavy atom. The minimum Gasteiger partial charge on any atom is -0.455 e. The molecule has 0 aliphatic heterocycles. The van der Waals surface area contributed by atoms with Gasteiger partial charge < -0.3 is 9.73 Å². The van der Waals surface area contributed by atoms with Gasteiger partial charge >= 0.3 is 0 Å². The van der Waals surface area contributed by atoms with Crippen molar-refractivity contribution in [3.8, 4) is 11.3 Å². The van der Waals surface area contributed by atoms with Crippen LogP contribution in [0.4, 0.5) is 4.39 Å². The molecule has 0 bridgehead atoms. The third-order valence-corrected chi connectivity index (χ3v) is 7.23. The van der Waals surface area contributed by atoms with Gasteiger partial charge in [-0.3, -0.25) is 9.59 Å². The number of amides is 1. The molecule has 6 nitrogen and oxygen atoms in total. The summed E-state index contributed by atoms with van der Waals surface area (Å²) in [5.74, 6) is -0.768. The molecular weight excluding hydrogens is 421 g/mol. The number of carbonyl (C=O) groups excluding carboxylic acids is 2. The summed E-state index contributed by atoms with van der Waals surface area (Å²) < 4.78 is 44.4. The first kappa shape index (κ1) is 21.2. The highest BCUT2D eigenvalue weighted by Crippen LogP contribution is 2.40. The molecular formula is C23H22FNO5S. The van der Waals surface area contributed by atoms with Crippen LogP contribution in [0.1, 0.15) is 57.2 Å². The van der Waals surface area contributed by atoms with E-state index in [1.54, 1.807) is 12.1 Å². The molecule has 0 radical (unpaired) electrons. The number of halogens is 1. The molecule has 1 aliphatic carbocycles. The fraction of sp³-hybridized carbons (Fsp3) is 0.304. The maximum atomic E-state index is 13.4. The topological polar surface area (TPSA) is 93.4 Å². The Labute approximate surface area is 179 Å². The number of sulfone groups is 1. The Morgan fingerprint density at radius 2 is 1.87 bits per heavy atom. The zero-order valence-corrected chi connectivity index (χ0v) is 18.0. The lowest BCUT2D eigenvalue weighted by molar-refractivity contribution is 0.0959. The summed E-state index contributed by atoms with van der Waals surface area (Å²) in [5.41, 5.74) is 1.73. The van der Waals surface area contributed by atoms with Crippen molar-refractivity contribution in [2.24, 2.45) is 0 Å². The van der Waals surface area contributed by atoms with Gasteiger partial charge in [-0.2, -0.15) is 0 Å². The molecule has 1 aliphatic rings. The molecule has 162 valence electrons. The van der Waals surface area contributed by atoms with Gasteiger partial charge in [-0.05, 0) is 54.8 Å². The smallest absolute Gasteiger partial charge is 0.255 e. The van der Waals surface area contributed by atoms with E-state index in [-0.39, 0.29) is 17.1 Å². The average molecular weight is 443 g/mol. The lowest BCUT2D eigenvalue weighted by Gasteiger charge is -2.21. The molecule has 0 saturated heterocycles. The van der Waals surface area contributed by atoms with Crippen LogP contribution >= 0.6 is 0 Å². The van der Waals surface area contributed by atoms with Crippen molar-refractivity contribution >= 4 is 32.5 Å². The number of nitrogens with one attached hydrogen (secondary N) is 1. The zero-order chi connectivity index (χ0) is 22.3. The van der Waals surface area contributed by atoms with Crippen LogP contribution in [0.3, 0.4) is 0 Å². The van der Waals surface area contributed by atoms with Crippen LogP contribution < -0.4 is 5.32 Å². The molecule has 31 heavy (non-hydrogen) atoms. The molecule has 2 aromatic carbocycles. The highest BCUT2D eigenvalue weighted by molar-refractivity contribution is 7.90. The summed E-state index contributed by atoms with van der Waals surface area (Å²) in [6.45, 7) is 0. The standard InChI is InChI=1S/C23H22FNO5S/c1-25-23(27)21-17-11-15-16(20(31(2,28)29)6-4-3-5-18(15)26)12-19(17)30-22(21)13-7-9-14(24)10-8-13/h7-12,20H,3-6H2,1-2H3,(H,25,27). The Balaban J connectivity index is 2.04. The van der Waals surface area contributed by atoms with Gasteiger partial charge in [0.1, 0.15) is 17.2 Å². The second-order valence-corrected chi connectivity index (χ2v) is 10.0. The first-order valence-corrected chi connectivity index (χ1v) is 12.0. The Morgan fingerprint density at radius 1 is 1.16 bits per heavy atom. The van der Waals surface area contributed by atoms with E-state index < -0.39 is 26.8 Å². The van der Waals surface area contributed by atoms with Crippen molar-refractivity contribution in [2.45, 2.75) is 30.9 Å². The summed E-state index contributed by atoms with van der Waals surface area (Å²) in [7, 11) is -1.99. The van der Waals surface area contributed by atoms with Crippen molar-refractivity contribution in [1.29, 1.82) is 0 Å². The zero-order valence-electron chi connectivity index (χ0n) is 17.2. The third kappa shape index (κ3) is 3.87. The van der Waals surface area contributed by atoms with Gasteiger partial charge in [-0.15, -0.1) is 0 Å². The molecule has 4 rings (SSSR count). The molecule has 0 saturated carbocycles. The van der Waals surface area contributed by atoms with E-state index in [4.69, 9.17) is 4.42 Å². The molecule has 8 heteroatoms. The van der Waals surface area contributed by atoms with Crippen LogP contribution in [0.15, 0.2) is 40.8 Å². The maximum absolute atomic E-state index is 13.4. The number of benzene rings is 2. The van der Waals surface area contributed by atoms with Crippen molar-refractivity contribution in [1.82, 2.24) is 5.32 Å². The summed E-state index contributed by atoms with van der Waals surface area (Å²) in [5, 5.41) is 2.17. The van der Waals surface area contributed by atoms with Crippen LogP contribution in [0.25, 0.3) is 22.3 Å². The van der Waals surface area contributed by atoms with Crippen LogP contribution in [-0.2, 0) is 9.84 Å². The van der Waals surface area contributed by atoms with E-state index in [1.165, 1.54) is 37.6 Å². The fourth-order valence-electron chi connectivity index (χ4n) is 4.17. The fourth-order valence-corrected chi connectivity index (χ4v) is 5.42. The van der Waals surface area contributed by atoms with E-state index in [1.807, 2.05) is 0 Å².